The van der Waals surface area contributed by atoms with E-state index in [4.69, 9.17) is 0 Å². The van der Waals surface area contributed by atoms with Gasteiger partial charge in [-0.2, -0.15) is 5.10 Å². The summed E-state index contributed by atoms with van der Waals surface area (Å²) >= 11 is 0. The van der Waals surface area contributed by atoms with E-state index in [1.54, 1.807) is 0 Å². The van der Waals surface area contributed by atoms with Crippen molar-refractivity contribution in [2.24, 2.45) is 18.0 Å². The van der Waals surface area contributed by atoms with Gasteiger partial charge in [0.2, 0.25) is 0 Å². The van der Waals surface area contributed by atoms with Crippen molar-refractivity contribution in [2.45, 2.75) is 54.0 Å². The number of aryl methyl sites for hydroxylation is 2. The summed E-state index contributed by atoms with van der Waals surface area (Å²) in [5, 5.41) is 11.2. The van der Waals surface area contributed by atoms with Gasteiger partial charge in [0.25, 0.3) is 0 Å². The maximum Gasteiger partial charge on any atom is 0.191 e. The van der Waals surface area contributed by atoms with Gasteiger partial charge in [-0.25, -0.2) is 0 Å². The first kappa shape index (κ1) is 17.5. The monoisotopic (exact) mass is 293 g/mol. The summed E-state index contributed by atoms with van der Waals surface area (Å²) in [5.41, 5.74) is 3.66. The maximum atomic E-state index is 4.68. The average Bonchev–Trinajstić information content (AvgIpc) is 2.65. The van der Waals surface area contributed by atoms with Crippen LogP contribution in [0.3, 0.4) is 0 Å². The number of nitrogens with zero attached hydrogens (tertiary/aromatic N) is 3. The van der Waals surface area contributed by atoms with Crippen molar-refractivity contribution in [2.75, 3.05) is 13.1 Å². The highest BCUT2D eigenvalue weighted by Crippen LogP contribution is 2.12. The normalized spacial score (nSPS) is 13.6. The first-order valence-corrected chi connectivity index (χ1v) is 7.90. The summed E-state index contributed by atoms with van der Waals surface area (Å²) < 4.78 is 1.94. The van der Waals surface area contributed by atoms with E-state index in [2.05, 4.69) is 62.3 Å². The highest BCUT2D eigenvalue weighted by atomic mass is 15.3. The molecule has 0 aliphatic carbocycles. The first-order chi connectivity index (χ1) is 9.86. The Hall–Kier alpha value is -1.52. The van der Waals surface area contributed by atoms with Gasteiger partial charge in [-0.15, -0.1) is 0 Å². The van der Waals surface area contributed by atoms with Crippen LogP contribution in [0.2, 0.25) is 0 Å². The van der Waals surface area contributed by atoms with E-state index >= 15 is 0 Å². The number of hydrogen-bond donors (Lipinski definition) is 2. The molecule has 0 aliphatic heterocycles. The molecule has 1 atom stereocenters. The van der Waals surface area contributed by atoms with Gasteiger partial charge in [-0.05, 0) is 45.6 Å². The van der Waals surface area contributed by atoms with E-state index < -0.39 is 0 Å². The van der Waals surface area contributed by atoms with Crippen LogP contribution in [-0.2, 0) is 13.5 Å². The minimum absolute atomic E-state index is 0.407. The maximum absolute atomic E-state index is 4.68. The number of aromatic nitrogens is 2. The van der Waals surface area contributed by atoms with E-state index in [0.29, 0.717) is 12.0 Å². The SMILES string of the molecule is CCNC(=NCCc1c(C)nn(C)c1C)NC(C)C(C)C. The van der Waals surface area contributed by atoms with Gasteiger partial charge >= 0.3 is 0 Å². The number of hydrogen-bond acceptors (Lipinski definition) is 2. The lowest BCUT2D eigenvalue weighted by Gasteiger charge is -2.20. The first-order valence-electron chi connectivity index (χ1n) is 7.90. The molecule has 0 fully saturated rings. The molecule has 0 radical (unpaired) electrons. The fourth-order valence-corrected chi connectivity index (χ4v) is 2.16. The molecule has 0 aliphatic rings. The number of aliphatic imine (C=N–C) groups is 1. The van der Waals surface area contributed by atoms with E-state index in [1.165, 1.54) is 11.3 Å². The number of nitrogens with one attached hydrogen (secondary N) is 2. The third kappa shape index (κ3) is 5.06. The van der Waals surface area contributed by atoms with Crippen LogP contribution < -0.4 is 10.6 Å². The van der Waals surface area contributed by atoms with Gasteiger partial charge in [0.05, 0.1) is 5.69 Å². The van der Waals surface area contributed by atoms with E-state index in [0.717, 1.165) is 31.2 Å². The van der Waals surface area contributed by atoms with E-state index in [1.807, 2.05) is 11.7 Å². The predicted molar refractivity (Wildman–Crippen MR) is 89.8 cm³/mol. The van der Waals surface area contributed by atoms with Gasteiger partial charge in [0.15, 0.2) is 5.96 Å². The van der Waals surface area contributed by atoms with Gasteiger partial charge in [-0.3, -0.25) is 9.67 Å². The molecule has 120 valence electrons. The third-order valence-corrected chi connectivity index (χ3v) is 4.00. The molecule has 0 saturated carbocycles. The van der Waals surface area contributed by atoms with Crippen LogP contribution in [0.4, 0.5) is 0 Å². The average molecular weight is 293 g/mol. The number of rotatable bonds is 6. The summed E-state index contributed by atoms with van der Waals surface area (Å²) in [6.07, 6.45) is 0.929. The fraction of sp³-hybridized carbons (Fsp3) is 0.750. The highest BCUT2D eigenvalue weighted by Gasteiger charge is 2.10. The Morgan fingerprint density at radius 2 is 1.95 bits per heavy atom. The molecule has 1 aromatic rings. The van der Waals surface area contributed by atoms with Crippen LogP contribution in [0.5, 0.6) is 0 Å². The van der Waals surface area contributed by atoms with Gasteiger partial charge in [0, 0.05) is 31.9 Å². The Kier molecular flexibility index (Phi) is 6.72. The third-order valence-electron chi connectivity index (χ3n) is 4.00. The second kappa shape index (κ2) is 8.05. The second-order valence-electron chi connectivity index (χ2n) is 5.96. The van der Waals surface area contributed by atoms with Gasteiger partial charge < -0.3 is 10.6 Å². The van der Waals surface area contributed by atoms with Crippen LogP contribution in [0, 0.1) is 19.8 Å². The van der Waals surface area contributed by atoms with Crippen molar-refractivity contribution in [1.29, 1.82) is 0 Å². The molecule has 0 spiro atoms. The Balaban J connectivity index is 2.66. The Morgan fingerprint density at radius 1 is 1.29 bits per heavy atom. The summed E-state index contributed by atoms with van der Waals surface area (Å²) in [6.45, 7) is 14.5. The molecule has 5 nitrogen and oxygen atoms in total. The summed E-state index contributed by atoms with van der Waals surface area (Å²) in [7, 11) is 1.99. The molecular weight excluding hydrogens is 262 g/mol. The Morgan fingerprint density at radius 3 is 2.43 bits per heavy atom. The molecule has 1 heterocycles. The standard InChI is InChI=1S/C16H31N5/c1-8-17-16(19-12(4)11(2)3)18-10-9-15-13(5)20-21(7)14(15)6/h11-12H,8-10H2,1-7H3,(H2,17,18,19). The molecule has 0 amide bonds. The molecular formula is C16H31N5. The summed E-state index contributed by atoms with van der Waals surface area (Å²) in [4.78, 5) is 4.68. The summed E-state index contributed by atoms with van der Waals surface area (Å²) in [5.74, 6) is 1.48. The van der Waals surface area contributed by atoms with Gasteiger partial charge in [-0.1, -0.05) is 13.8 Å². The molecule has 0 bridgehead atoms. The molecule has 1 unspecified atom stereocenters. The fourth-order valence-electron chi connectivity index (χ4n) is 2.16. The lowest BCUT2D eigenvalue weighted by Crippen LogP contribution is -2.44. The zero-order chi connectivity index (χ0) is 16.0. The van der Waals surface area contributed by atoms with E-state index in [9.17, 15) is 0 Å². The van der Waals surface area contributed by atoms with Crippen molar-refractivity contribution < 1.29 is 0 Å². The second-order valence-corrected chi connectivity index (χ2v) is 5.96. The van der Waals surface area contributed by atoms with Crippen LogP contribution in [0.1, 0.15) is 44.6 Å². The van der Waals surface area contributed by atoms with Crippen molar-refractivity contribution in [1.82, 2.24) is 20.4 Å². The van der Waals surface area contributed by atoms with Crippen LogP contribution in [0.15, 0.2) is 4.99 Å². The molecule has 0 aromatic carbocycles. The predicted octanol–water partition coefficient (Wildman–Crippen LogP) is 2.18. The van der Waals surface area contributed by atoms with Crippen LogP contribution >= 0.6 is 0 Å². The van der Waals surface area contributed by atoms with E-state index in [-0.39, 0.29) is 0 Å². The largest absolute Gasteiger partial charge is 0.357 e. The Bertz CT molecular complexity index is 473. The Labute approximate surface area is 129 Å². The molecule has 2 N–H and O–H groups in total. The van der Waals surface area contributed by atoms with Crippen molar-refractivity contribution in [3.05, 3.63) is 17.0 Å². The van der Waals surface area contributed by atoms with Crippen molar-refractivity contribution in [3.63, 3.8) is 0 Å². The molecule has 5 heteroatoms. The zero-order valence-electron chi connectivity index (χ0n) is 14.6. The molecule has 1 rings (SSSR count). The lowest BCUT2D eigenvalue weighted by atomic mass is 10.1. The van der Waals surface area contributed by atoms with Crippen molar-refractivity contribution >= 4 is 5.96 Å². The zero-order valence-corrected chi connectivity index (χ0v) is 14.6. The molecule has 1 aromatic heterocycles. The number of guanidine groups is 1. The highest BCUT2D eigenvalue weighted by molar-refractivity contribution is 5.80. The quantitative estimate of drug-likeness (QED) is 0.624. The van der Waals surface area contributed by atoms with Crippen LogP contribution in [-0.4, -0.2) is 34.9 Å². The minimum atomic E-state index is 0.407. The summed E-state index contributed by atoms with van der Waals surface area (Å²) in [6, 6.07) is 0.407. The molecule has 21 heavy (non-hydrogen) atoms. The minimum Gasteiger partial charge on any atom is -0.357 e. The lowest BCUT2D eigenvalue weighted by molar-refractivity contribution is 0.481. The topological polar surface area (TPSA) is 54.2 Å². The van der Waals surface area contributed by atoms with Gasteiger partial charge in [0.1, 0.15) is 0 Å². The van der Waals surface area contributed by atoms with Crippen LogP contribution in [0.25, 0.3) is 0 Å². The smallest absolute Gasteiger partial charge is 0.191 e. The van der Waals surface area contributed by atoms with Crippen molar-refractivity contribution in [3.8, 4) is 0 Å². The molecule has 0 saturated heterocycles.